The van der Waals surface area contributed by atoms with Crippen LogP contribution in [0, 0.1) is 16.7 Å². The van der Waals surface area contributed by atoms with Crippen LogP contribution in [0.1, 0.15) is 44.2 Å². The van der Waals surface area contributed by atoms with Gasteiger partial charge in [-0.3, -0.25) is 4.79 Å². The fourth-order valence-corrected chi connectivity index (χ4v) is 2.16. The Morgan fingerprint density at radius 3 is 2.38 bits per heavy atom. The fourth-order valence-electron chi connectivity index (χ4n) is 2.16. The Morgan fingerprint density at radius 2 is 1.90 bits per heavy atom. The number of rotatable bonds is 8. The van der Waals surface area contributed by atoms with Crippen LogP contribution in [0.2, 0.25) is 0 Å². The number of nitrogens with zero attached hydrogens (tertiary/aromatic N) is 1. The molecular weight excluding hydrogens is 264 g/mol. The largest absolute Gasteiger partial charge is 0.396 e. The molecule has 21 heavy (non-hydrogen) atoms. The zero-order valence-corrected chi connectivity index (χ0v) is 12.9. The standard InChI is InChI=1S/C17H24N2O2/c1-3-17(4-2,13-20)12-19-16(21)10-9-14-5-7-15(11-18)8-6-14/h5-8,20H,3-4,9-10,12-13H2,1-2H3,(H,19,21). The molecule has 0 aliphatic carbocycles. The van der Waals surface area contributed by atoms with Crippen molar-refractivity contribution in [1.29, 1.82) is 5.26 Å². The first-order valence-corrected chi connectivity index (χ1v) is 7.45. The van der Waals surface area contributed by atoms with E-state index in [-0.39, 0.29) is 17.9 Å². The summed E-state index contributed by atoms with van der Waals surface area (Å²) in [5.41, 5.74) is 1.47. The molecule has 1 aromatic rings. The first kappa shape index (κ1) is 17.2. The van der Waals surface area contributed by atoms with Crippen molar-refractivity contribution in [1.82, 2.24) is 5.32 Å². The molecule has 0 fully saturated rings. The van der Waals surface area contributed by atoms with Gasteiger partial charge >= 0.3 is 0 Å². The number of nitrogens with one attached hydrogen (secondary N) is 1. The number of nitriles is 1. The lowest BCUT2D eigenvalue weighted by Gasteiger charge is -2.29. The second-order valence-electron chi connectivity index (χ2n) is 5.45. The highest BCUT2D eigenvalue weighted by Gasteiger charge is 2.25. The predicted octanol–water partition coefficient (Wildman–Crippen LogP) is 2.41. The molecule has 1 amide bonds. The Labute approximate surface area is 126 Å². The molecule has 2 N–H and O–H groups in total. The van der Waals surface area contributed by atoms with Gasteiger partial charge in [0, 0.05) is 18.4 Å². The van der Waals surface area contributed by atoms with Crippen molar-refractivity contribution in [2.24, 2.45) is 5.41 Å². The summed E-state index contributed by atoms with van der Waals surface area (Å²) < 4.78 is 0. The van der Waals surface area contributed by atoms with Crippen molar-refractivity contribution in [2.75, 3.05) is 13.2 Å². The topological polar surface area (TPSA) is 73.1 Å². The fraction of sp³-hybridized carbons (Fsp3) is 0.529. The number of carbonyl (C=O) groups excluding carboxylic acids is 1. The summed E-state index contributed by atoms with van der Waals surface area (Å²) in [6, 6.07) is 9.35. The van der Waals surface area contributed by atoms with E-state index in [0.29, 0.717) is 24.9 Å². The third-order valence-corrected chi connectivity index (χ3v) is 4.22. The molecular formula is C17H24N2O2. The number of hydrogen-bond donors (Lipinski definition) is 2. The molecule has 0 aliphatic heterocycles. The number of aliphatic hydroxyl groups is 1. The zero-order chi connectivity index (χ0) is 15.7. The number of aliphatic hydroxyl groups excluding tert-OH is 1. The van der Waals surface area contributed by atoms with Gasteiger partial charge in [0.2, 0.25) is 5.91 Å². The van der Waals surface area contributed by atoms with E-state index in [1.165, 1.54) is 0 Å². The van der Waals surface area contributed by atoms with Crippen LogP contribution in [0.25, 0.3) is 0 Å². The lowest BCUT2D eigenvalue weighted by molar-refractivity contribution is -0.121. The molecule has 0 aromatic heterocycles. The average molecular weight is 288 g/mol. The third kappa shape index (κ3) is 5.20. The predicted molar refractivity (Wildman–Crippen MR) is 82.6 cm³/mol. The molecule has 0 heterocycles. The summed E-state index contributed by atoms with van der Waals surface area (Å²) in [5.74, 6) is -0.000847. The van der Waals surface area contributed by atoms with Crippen LogP contribution in [0.15, 0.2) is 24.3 Å². The van der Waals surface area contributed by atoms with E-state index >= 15 is 0 Å². The van der Waals surface area contributed by atoms with Gasteiger partial charge in [-0.2, -0.15) is 5.26 Å². The molecule has 0 saturated heterocycles. The minimum atomic E-state index is -0.204. The van der Waals surface area contributed by atoms with Gasteiger partial charge in [-0.25, -0.2) is 0 Å². The van der Waals surface area contributed by atoms with Crippen molar-refractivity contribution < 1.29 is 9.90 Å². The number of benzene rings is 1. The van der Waals surface area contributed by atoms with Crippen LogP contribution in [0.3, 0.4) is 0 Å². The van der Waals surface area contributed by atoms with Crippen LogP contribution in [0.4, 0.5) is 0 Å². The molecule has 0 unspecified atom stereocenters. The molecule has 0 spiro atoms. The summed E-state index contributed by atoms with van der Waals surface area (Å²) >= 11 is 0. The summed E-state index contributed by atoms with van der Waals surface area (Å²) in [6.45, 7) is 4.67. The van der Waals surface area contributed by atoms with Crippen LogP contribution in [0.5, 0.6) is 0 Å². The van der Waals surface area contributed by atoms with E-state index in [0.717, 1.165) is 18.4 Å². The minimum absolute atomic E-state index is 0.000847. The Morgan fingerprint density at radius 1 is 1.29 bits per heavy atom. The van der Waals surface area contributed by atoms with Gasteiger partial charge in [-0.05, 0) is 37.0 Å². The maximum atomic E-state index is 11.9. The highest BCUT2D eigenvalue weighted by molar-refractivity contribution is 5.76. The van der Waals surface area contributed by atoms with Crippen molar-refractivity contribution in [3.05, 3.63) is 35.4 Å². The molecule has 4 nitrogen and oxygen atoms in total. The summed E-state index contributed by atoms with van der Waals surface area (Å²) in [7, 11) is 0. The quantitative estimate of drug-likeness (QED) is 0.771. The second-order valence-corrected chi connectivity index (χ2v) is 5.45. The maximum Gasteiger partial charge on any atom is 0.220 e. The molecule has 4 heteroatoms. The molecule has 114 valence electrons. The molecule has 0 aliphatic rings. The van der Waals surface area contributed by atoms with Crippen LogP contribution in [-0.2, 0) is 11.2 Å². The molecule has 0 radical (unpaired) electrons. The van der Waals surface area contributed by atoms with E-state index in [4.69, 9.17) is 5.26 Å². The van der Waals surface area contributed by atoms with Gasteiger partial charge in [0.05, 0.1) is 18.2 Å². The third-order valence-electron chi connectivity index (χ3n) is 4.22. The van der Waals surface area contributed by atoms with E-state index in [1.807, 2.05) is 26.0 Å². The maximum absolute atomic E-state index is 11.9. The SMILES string of the molecule is CCC(CC)(CO)CNC(=O)CCc1ccc(C#N)cc1. The van der Waals surface area contributed by atoms with Gasteiger partial charge < -0.3 is 10.4 Å². The van der Waals surface area contributed by atoms with Crippen LogP contribution in [-0.4, -0.2) is 24.2 Å². The zero-order valence-electron chi connectivity index (χ0n) is 12.9. The molecule has 0 atom stereocenters. The van der Waals surface area contributed by atoms with Crippen molar-refractivity contribution >= 4 is 5.91 Å². The molecule has 0 saturated carbocycles. The number of aryl methyl sites for hydroxylation is 1. The van der Waals surface area contributed by atoms with Gasteiger partial charge in [0.1, 0.15) is 0 Å². The number of amides is 1. The minimum Gasteiger partial charge on any atom is -0.396 e. The van der Waals surface area contributed by atoms with E-state index in [1.54, 1.807) is 12.1 Å². The monoisotopic (exact) mass is 288 g/mol. The molecule has 0 bridgehead atoms. The first-order valence-electron chi connectivity index (χ1n) is 7.45. The Kier molecular flexibility index (Phi) is 6.90. The van der Waals surface area contributed by atoms with Gasteiger partial charge in [0.15, 0.2) is 0 Å². The normalized spacial score (nSPS) is 11.0. The Hall–Kier alpha value is -1.86. The smallest absolute Gasteiger partial charge is 0.220 e. The summed E-state index contributed by atoms with van der Waals surface area (Å²) in [5, 5.41) is 21.1. The highest BCUT2D eigenvalue weighted by Crippen LogP contribution is 2.24. The second kappa shape index (κ2) is 8.43. The Balaban J connectivity index is 2.42. The van der Waals surface area contributed by atoms with Crippen molar-refractivity contribution in [3.63, 3.8) is 0 Å². The van der Waals surface area contributed by atoms with Gasteiger partial charge in [-0.15, -0.1) is 0 Å². The van der Waals surface area contributed by atoms with Gasteiger partial charge in [-0.1, -0.05) is 26.0 Å². The van der Waals surface area contributed by atoms with Crippen LogP contribution >= 0.6 is 0 Å². The highest BCUT2D eigenvalue weighted by atomic mass is 16.3. The summed E-state index contributed by atoms with van der Waals surface area (Å²) in [4.78, 5) is 11.9. The number of carbonyl (C=O) groups is 1. The van der Waals surface area contributed by atoms with E-state index in [9.17, 15) is 9.90 Å². The average Bonchev–Trinajstić information content (AvgIpc) is 2.55. The van der Waals surface area contributed by atoms with E-state index < -0.39 is 0 Å². The Bertz CT molecular complexity index is 476. The molecule has 1 aromatic carbocycles. The lowest BCUT2D eigenvalue weighted by atomic mass is 9.83. The molecule has 1 rings (SSSR count). The number of hydrogen-bond acceptors (Lipinski definition) is 3. The summed E-state index contributed by atoms with van der Waals surface area (Å²) in [6.07, 6.45) is 2.76. The lowest BCUT2D eigenvalue weighted by Crippen LogP contribution is -2.39. The first-order chi connectivity index (χ1) is 10.1. The van der Waals surface area contributed by atoms with Crippen molar-refractivity contribution in [3.8, 4) is 6.07 Å². The van der Waals surface area contributed by atoms with Gasteiger partial charge in [0.25, 0.3) is 0 Å². The van der Waals surface area contributed by atoms with Crippen molar-refractivity contribution in [2.45, 2.75) is 39.5 Å². The van der Waals surface area contributed by atoms with E-state index in [2.05, 4.69) is 11.4 Å². The van der Waals surface area contributed by atoms with Crippen LogP contribution < -0.4 is 5.32 Å².